The first-order valence-corrected chi connectivity index (χ1v) is 8.12. The third-order valence-corrected chi connectivity index (χ3v) is 4.14. The Morgan fingerprint density at radius 1 is 1.09 bits per heavy atom. The first-order chi connectivity index (χ1) is 10.6. The van der Waals surface area contributed by atoms with Gasteiger partial charge in [0, 0.05) is 18.7 Å². The number of aromatic nitrogens is 2. The van der Waals surface area contributed by atoms with Gasteiger partial charge in [0.1, 0.15) is 10.8 Å². The van der Waals surface area contributed by atoms with E-state index in [1.54, 1.807) is 17.0 Å². The summed E-state index contributed by atoms with van der Waals surface area (Å²) in [5.41, 5.74) is 1.49. The zero-order valence-corrected chi connectivity index (χ0v) is 13.4. The molecule has 0 fully saturated rings. The van der Waals surface area contributed by atoms with E-state index in [9.17, 15) is 9.18 Å². The average Bonchev–Trinajstić information content (AvgIpc) is 2.55. The molecule has 0 aliphatic carbocycles. The summed E-state index contributed by atoms with van der Waals surface area (Å²) in [5.74, 6) is 0.171. The van der Waals surface area contributed by atoms with Crippen molar-refractivity contribution in [3.05, 3.63) is 42.2 Å². The predicted molar refractivity (Wildman–Crippen MR) is 86.1 cm³/mol. The number of thioether (sulfide) groups is 1. The van der Waals surface area contributed by atoms with Crippen LogP contribution < -0.4 is 0 Å². The molecular weight excluding hydrogens is 301 g/mol. The van der Waals surface area contributed by atoms with E-state index in [1.807, 2.05) is 26.0 Å². The molecule has 2 rings (SSSR count). The Kier molecular flexibility index (Phi) is 5.89. The molecule has 2 aromatic rings. The Hall–Kier alpha value is -1.95. The molecule has 0 saturated carbocycles. The van der Waals surface area contributed by atoms with Gasteiger partial charge in [-0.3, -0.25) is 4.79 Å². The predicted octanol–water partition coefficient (Wildman–Crippen LogP) is 3.24. The SMILES string of the molecule is CCN(CC)C(=O)CSc1ccc(-c2ccc(F)cc2)nn1. The molecule has 0 aliphatic rings. The van der Waals surface area contributed by atoms with Crippen LogP contribution in [0.2, 0.25) is 0 Å². The largest absolute Gasteiger partial charge is 0.343 e. The summed E-state index contributed by atoms with van der Waals surface area (Å²) in [6.07, 6.45) is 0. The fraction of sp³-hybridized carbons (Fsp3) is 0.312. The molecule has 22 heavy (non-hydrogen) atoms. The Labute approximate surface area is 133 Å². The van der Waals surface area contributed by atoms with Crippen molar-refractivity contribution in [2.45, 2.75) is 18.9 Å². The second kappa shape index (κ2) is 7.89. The number of rotatable bonds is 6. The van der Waals surface area contributed by atoms with Crippen LogP contribution in [0.1, 0.15) is 13.8 Å². The number of hydrogen-bond donors (Lipinski definition) is 0. The van der Waals surface area contributed by atoms with Crippen LogP contribution in [0.15, 0.2) is 41.4 Å². The first-order valence-electron chi connectivity index (χ1n) is 7.14. The topological polar surface area (TPSA) is 46.1 Å². The highest BCUT2D eigenvalue weighted by Crippen LogP contribution is 2.20. The molecule has 6 heteroatoms. The van der Waals surface area contributed by atoms with Crippen molar-refractivity contribution < 1.29 is 9.18 Å². The van der Waals surface area contributed by atoms with Gasteiger partial charge in [-0.25, -0.2) is 4.39 Å². The normalized spacial score (nSPS) is 10.5. The minimum Gasteiger partial charge on any atom is -0.343 e. The summed E-state index contributed by atoms with van der Waals surface area (Å²) in [6, 6.07) is 9.76. The maximum absolute atomic E-state index is 12.9. The summed E-state index contributed by atoms with van der Waals surface area (Å²) in [4.78, 5) is 13.7. The third-order valence-electron chi connectivity index (χ3n) is 3.24. The molecule has 0 atom stereocenters. The smallest absolute Gasteiger partial charge is 0.232 e. The molecular formula is C16H18FN3OS. The lowest BCUT2D eigenvalue weighted by atomic mass is 10.1. The molecule has 1 amide bonds. The van der Waals surface area contributed by atoms with E-state index in [-0.39, 0.29) is 11.7 Å². The van der Waals surface area contributed by atoms with Gasteiger partial charge < -0.3 is 4.90 Å². The molecule has 1 aromatic carbocycles. The number of benzene rings is 1. The minimum atomic E-state index is -0.279. The summed E-state index contributed by atoms with van der Waals surface area (Å²) in [5, 5.41) is 8.93. The number of hydrogen-bond acceptors (Lipinski definition) is 4. The van der Waals surface area contributed by atoms with Crippen molar-refractivity contribution in [1.29, 1.82) is 0 Å². The summed E-state index contributed by atoms with van der Waals surface area (Å²) in [6.45, 7) is 5.35. The lowest BCUT2D eigenvalue weighted by molar-refractivity contribution is -0.127. The van der Waals surface area contributed by atoms with E-state index in [4.69, 9.17) is 0 Å². The van der Waals surface area contributed by atoms with Gasteiger partial charge in [-0.2, -0.15) is 0 Å². The van der Waals surface area contributed by atoms with E-state index in [0.29, 0.717) is 29.6 Å². The maximum Gasteiger partial charge on any atom is 0.232 e. The summed E-state index contributed by atoms with van der Waals surface area (Å²) >= 11 is 1.37. The summed E-state index contributed by atoms with van der Waals surface area (Å²) in [7, 11) is 0. The van der Waals surface area contributed by atoms with Gasteiger partial charge in [-0.05, 0) is 50.2 Å². The van der Waals surface area contributed by atoms with Crippen LogP contribution in [0.4, 0.5) is 4.39 Å². The number of nitrogens with zero attached hydrogens (tertiary/aromatic N) is 3. The molecule has 0 spiro atoms. The van der Waals surface area contributed by atoms with E-state index in [0.717, 1.165) is 5.56 Å². The van der Waals surface area contributed by atoms with E-state index < -0.39 is 0 Å². The minimum absolute atomic E-state index is 0.0967. The molecule has 116 valence electrons. The molecule has 0 bridgehead atoms. The molecule has 0 saturated heterocycles. The number of carbonyl (C=O) groups is 1. The van der Waals surface area contributed by atoms with Gasteiger partial charge in [0.25, 0.3) is 0 Å². The fourth-order valence-corrected chi connectivity index (χ4v) is 2.69. The molecule has 0 aliphatic heterocycles. The molecule has 0 radical (unpaired) electrons. The fourth-order valence-electron chi connectivity index (χ4n) is 1.97. The van der Waals surface area contributed by atoms with Crippen LogP contribution >= 0.6 is 11.8 Å². The monoisotopic (exact) mass is 319 g/mol. The Bertz CT molecular complexity index is 612. The van der Waals surface area contributed by atoms with Crippen molar-refractivity contribution in [2.75, 3.05) is 18.8 Å². The van der Waals surface area contributed by atoms with Gasteiger partial charge in [-0.1, -0.05) is 11.8 Å². The molecule has 0 N–H and O–H groups in total. The van der Waals surface area contributed by atoms with Crippen LogP contribution in [0, 0.1) is 5.82 Å². The zero-order valence-electron chi connectivity index (χ0n) is 12.6. The molecule has 0 unspecified atom stereocenters. The lowest BCUT2D eigenvalue weighted by Gasteiger charge is -2.17. The van der Waals surface area contributed by atoms with Gasteiger partial charge in [0.05, 0.1) is 11.4 Å². The first kappa shape index (κ1) is 16.4. The maximum atomic E-state index is 12.9. The van der Waals surface area contributed by atoms with Crippen LogP contribution in [0.25, 0.3) is 11.3 Å². The molecule has 4 nitrogen and oxygen atoms in total. The molecule has 1 heterocycles. The highest BCUT2D eigenvalue weighted by atomic mass is 32.2. The van der Waals surface area contributed by atoms with Crippen molar-refractivity contribution in [3.63, 3.8) is 0 Å². The molecule has 1 aromatic heterocycles. The Balaban J connectivity index is 1.97. The zero-order chi connectivity index (χ0) is 15.9. The highest BCUT2D eigenvalue weighted by molar-refractivity contribution is 7.99. The number of halogens is 1. The van der Waals surface area contributed by atoms with Gasteiger partial charge in [0.2, 0.25) is 5.91 Å². The van der Waals surface area contributed by atoms with Crippen LogP contribution in [-0.4, -0.2) is 39.8 Å². The Morgan fingerprint density at radius 2 is 1.77 bits per heavy atom. The van der Waals surface area contributed by atoms with E-state index in [1.165, 1.54) is 23.9 Å². The van der Waals surface area contributed by atoms with Crippen LogP contribution in [-0.2, 0) is 4.79 Å². The highest BCUT2D eigenvalue weighted by Gasteiger charge is 2.10. The van der Waals surface area contributed by atoms with Crippen molar-refractivity contribution in [1.82, 2.24) is 15.1 Å². The second-order valence-corrected chi connectivity index (χ2v) is 5.61. The second-order valence-electron chi connectivity index (χ2n) is 4.62. The lowest BCUT2D eigenvalue weighted by Crippen LogP contribution is -2.31. The average molecular weight is 319 g/mol. The van der Waals surface area contributed by atoms with E-state index >= 15 is 0 Å². The third kappa shape index (κ3) is 4.27. The standard InChI is InChI=1S/C16H18FN3OS/c1-3-20(4-2)16(21)11-22-15-10-9-14(18-19-15)12-5-7-13(17)8-6-12/h5-10H,3-4,11H2,1-2H3. The Morgan fingerprint density at radius 3 is 2.32 bits per heavy atom. The van der Waals surface area contributed by atoms with Gasteiger partial charge in [-0.15, -0.1) is 10.2 Å². The summed E-state index contributed by atoms with van der Waals surface area (Å²) < 4.78 is 12.9. The van der Waals surface area contributed by atoms with Gasteiger partial charge in [0.15, 0.2) is 0 Å². The van der Waals surface area contributed by atoms with Crippen LogP contribution in [0.5, 0.6) is 0 Å². The van der Waals surface area contributed by atoms with Crippen molar-refractivity contribution in [2.24, 2.45) is 0 Å². The van der Waals surface area contributed by atoms with Crippen molar-refractivity contribution >= 4 is 17.7 Å². The van der Waals surface area contributed by atoms with Crippen LogP contribution in [0.3, 0.4) is 0 Å². The number of amides is 1. The van der Waals surface area contributed by atoms with Crippen molar-refractivity contribution in [3.8, 4) is 11.3 Å². The quantitative estimate of drug-likeness (QED) is 0.767. The number of carbonyl (C=O) groups excluding carboxylic acids is 1. The van der Waals surface area contributed by atoms with Gasteiger partial charge >= 0.3 is 0 Å². The van der Waals surface area contributed by atoms with E-state index in [2.05, 4.69) is 10.2 Å².